The highest BCUT2D eigenvalue weighted by Gasteiger charge is 2.24. The number of hydrogen-bond donors (Lipinski definition) is 1. The van der Waals surface area contributed by atoms with Crippen LogP contribution < -0.4 is 4.90 Å². The van der Waals surface area contributed by atoms with E-state index in [0.717, 1.165) is 43.3 Å². The molecular formula is C14H26N3O2PS. The van der Waals surface area contributed by atoms with Crippen molar-refractivity contribution in [3.8, 4) is 0 Å². The fourth-order valence-corrected chi connectivity index (χ4v) is 2.56. The summed E-state index contributed by atoms with van der Waals surface area (Å²) < 4.78 is 10.5. The Morgan fingerprint density at radius 2 is 2.24 bits per heavy atom. The van der Waals surface area contributed by atoms with E-state index in [0.29, 0.717) is 0 Å². The first-order valence-corrected chi connectivity index (χ1v) is 8.81. The Morgan fingerprint density at radius 3 is 2.90 bits per heavy atom. The molecule has 0 amide bonds. The van der Waals surface area contributed by atoms with E-state index in [9.17, 15) is 0 Å². The zero-order valence-corrected chi connectivity index (χ0v) is 15.0. The standard InChI is InChI=1S/C11H18N3O2PS.C3H8/c1-15-17-16-9-3-6-14(8-9)11-2-5-12-10(13-11)4-7-18;1-3-2/h2,5,9,17-18H,3-4,6-8H2,1H3;3H2,1-2H3. The molecule has 1 aliphatic rings. The summed E-state index contributed by atoms with van der Waals surface area (Å²) in [5.41, 5.74) is 0. The van der Waals surface area contributed by atoms with Gasteiger partial charge in [-0.3, -0.25) is 0 Å². The average Bonchev–Trinajstić information content (AvgIpc) is 2.95. The topological polar surface area (TPSA) is 47.5 Å². The SMILES string of the molecule is CCC.COPOC1CCN(c2ccnc(CCS)n2)C1. The minimum absolute atomic E-state index is 0.124. The number of anilines is 1. The van der Waals surface area contributed by atoms with Gasteiger partial charge in [-0.25, -0.2) is 9.97 Å². The molecule has 2 unspecified atom stereocenters. The number of rotatable bonds is 6. The normalized spacial score (nSPS) is 18.1. The van der Waals surface area contributed by atoms with E-state index in [1.165, 1.54) is 6.42 Å². The molecule has 21 heavy (non-hydrogen) atoms. The summed E-state index contributed by atoms with van der Waals surface area (Å²) in [6.07, 6.45) is 5.12. The van der Waals surface area contributed by atoms with Gasteiger partial charge in [0.15, 0.2) is 9.03 Å². The van der Waals surface area contributed by atoms with Crippen molar-refractivity contribution < 1.29 is 9.05 Å². The molecule has 7 heteroatoms. The number of thiol groups is 1. The molecule has 2 rings (SSSR count). The third-order valence-corrected chi connectivity index (χ3v) is 3.61. The number of aryl methyl sites for hydroxylation is 1. The van der Waals surface area contributed by atoms with Crippen LogP contribution in [0.25, 0.3) is 0 Å². The molecular weight excluding hydrogens is 305 g/mol. The molecule has 0 N–H and O–H groups in total. The molecule has 0 spiro atoms. The van der Waals surface area contributed by atoms with Crippen LogP contribution in [0.2, 0.25) is 0 Å². The van der Waals surface area contributed by atoms with Gasteiger partial charge < -0.3 is 13.9 Å². The quantitative estimate of drug-likeness (QED) is 0.641. The van der Waals surface area contributed by atoms with E-state index < -0.39 is 0 Å². The molecule has 0 saturated carbocycles. The van der Waals surface area contributed by atoms with E-state index >= 15 is 0 Å². The second-order valence-corrected chi connectivity index (χ2v) is 6.03. The Balaban J connectivity index is 0.000000677. The van der Waals surface area contributed by atoms with Crippen LogP contribution in [0.1, 0.15) is 32.5 Å². The lowest BCUT2D eigenvalue weighted by atomic mass is 10.3. The van der Waals surface area contributed by atoms with Crippen LogP contribution in [-0.4, -0.2) is 42.0 Å². The van der Waals surface area contributed by atoms with E-state index in [-0.39, 0.29) is 15.1 Å². The van der Waals surface area contributed by atoms with E-state index in [2.05, 4.69) is 41.3 Å². The minimum atomic E-state index is 0.124. The molecule has 2 atom stereocenters. The van der Waals surface area contributed by atoms with Crippen LogP contribution in [-0.2, 0) is 15.5 Å². The van der Waals surface area contributed by atoms with Crippen LogP contribution in [0.3, 0.4) is 0 Å². The van der Waals surface area contributed by atoms with Crippen molar-refractivity contribution in [1.82, 2.24) is 9.97 Å². The Bertz CT molecular complexity index is 398. The minimum Gasteiger partial charge on any atom is -0.354 e. The van der Waals surface area contributed by atoms with Crippen LogP contribution in [0, 0.1) is 0 Å². The fraction of sp³-hybridized carbons (Fsp3) is 0.714. The van der Waals surface area contributed by atoms with Gasteiger partial charge in [0, 0.05) is 32.8 Å². The smallest absolute Gasteiger partial charge is 0.155 e. The second-order valence-electron chi connectivity index (χ2n) is 4.77. The van der Waals surface area contributed by atoms with Gasteiger partial charge in [0.05, 0.1) is 6.10 Å². The van der Waals surface area contributed by atoms with E-state index in [1.54, 1.807) is 7.11 Å². The molecule has 1 aromatic rings. The first kappa shape index (κ1) is 18.6. The Labute approximate surface area is 135 Å². The van der Waals surface area contributed by atoms with Gasteiger partial charge >= 0.3 is 0 Å². The Kier molecular flexibility index (Phi) is 9.92. The highest BCUT2D eigenvalue weighted by Crippen LogP contribution is 2.25. The molecule has 0 radical (unpaired) electrons. The van der Waals surface area contributed by atoms with Crippen LogP contribution in [0.15, 0.2) is 12.3 Å². The monoisotopic (exact) mass is 331 g/mol. The van der Waals surface area contributed by atoms with E-state index in [4.69, 9.17) is 9.05 Å². The highest BCUT2D eigenvalue weighted by molar-refractivity contribution is 7.80. The van der Waals surface area contributed by atoms with Crippen molar-refractivity contribution in [1.29, 1.82) is 0 Å². The third-order valence-electron chi connectivity index (χ3n) is 2.79. The molecule has 1 aliphatic heterocycles. The zero-order valence-electron chi connectivity index (χ0n) is 13.1. The lowest BCUT2D eigenvalue weighted by Crippen LogP contribution is -2.23. The van der Waals surface area contributed by atoms with Crippen molar-refractivity contribution in [2.75, 3.05) is 30.9 Å². The van der Waals surface area contributed by atoms with E-state index in [1.807, 2.05) is 12.3 Å². The van der Waals surface area contributed by atoms with Crippen molar-refractivity contribution in [3.05, 3.63) is 18.1 Å². The van der Waals surface area contributed by atoms with Gasteiger partial charge in [-0.1, -0.05) is 20.3 Å². The maximum Gasteiger partial charge on any atom is 0.155 e. The molecule has 0 aliphatic carbocycles. The maximum atomic E-state index is 5.59. The first-order chi connectivity index (χ1) is 10.2. The van der Waals surface area contributed by atoms with Crippen LogP contribution in [0.5, 0.6) is 0 Å². The molecule has 2 heterocycles. The summed E-state index contributed by atoms with van der Waals surface area (Å²) in [6, 6.07) is 1.95. The second kappa shape index (κ2) is 11.2. The summed E-state index contributed by atoms with van der Waals surface area (Å²) >= 11 is 4.20. The summed E-state index contributed by atoms with van der Waals surface area (Å²) in [5.74, 6) is 2.60. The predicted octanol–water partition coefficient (Wildman–Crippen LogP) is 3.12. The van der Waals surface area contributed by atoms with Crippen molar-refractivity contribution in [2.24, 2.45) is 0 Å². The lowest BCUT2D eigenvalue weighted by molar-refractivity contribution is 0.224. The van der Waals surface area contributed by atoms with Crippen molar-refractivity contribution in [3.63, 3.8) is 0 Å². The number of nitrogens with zero attached hydrogens (tertiary/aromatic N) is 3. The lowest BCUT2D eigenvalue weighted by Gasteiger charge is -2.17. The van der Waals surface area contributed by atoms with Gasteiger partial charge in [-0.2, -0.15) is 12.6 Å². The largest absolute Gasteiger partial charge is 0.354 e. The molecule has 0 bridgehead atoms. The molecule has 120 valence electrons. The van der Waals surface area contributed by atoms with Gasteiger partial charge in [0.1, 0.15) is 11.6 Å². The van der Waals surface area contributed by atoms with Crippen molar-refractivity contribution in [2.45, 2.75) is 39.2 Å². The van der Waals surface area contributed by atoms with Crippen molar-refractivity contribution >= 4 is 27.5 Å². The first-order valence-electron chi connectivity index (χ1n) is 7.36. The predicted molar refractivity (Wildman–Crippen MR) is 92.6 cm³/mol. The summed E-state index contributed by atoms with van der Waals surface area (Å²) in [5, 5.41) is 0. The Morgan fingerprint density at radius 1 is 1.48 bits per heavy atom. The molecule has 0 aromatic carbocycles. The molecule has 1 aromatic heterocycles. The summed E-state index contributed by atoms with van der Waals surface area (Å²) in [7, 11) is 1.78. The number of hydrogen-bond acceptors (Lipinski definition) is 6. The van der Waals surface area contributed by atoms with Gasteiger partial charge in [0.25, 0.3) is 0 Å². The Hall–Kier alpha value is -0.420. The van der Waals surface area contributed by atoms with Gasteiger partial charge in [-0.15, -0.1) is 0 Å². The fourth-order valence-electron chi connectivity index (χ4n) is 1.93. The van der Waals surface area contributed by atoms with Gasteiger partial charge in [-0.05, 0) is 18.2 Å². The van der Waals surface area contributed by atoms with Crippen LogP contribution >= 0.6 is 21.7 Å². The third kappa shape index (κ3) is 6.92. The van der Waals surface area contributed by atoms with Gasteiger partial charge in [0.2, 0.25) is 0 Å². The molecule has 1 saturated heterocycles. The molecule has 1 fully saturated rings. The number of aromatic nitrogens is 2. The highest BCUT2D eigenvalue weighted by atomic mass is 32.1. The van der Waals surface area contributed by atoms with Crippen LogP contribution in [0.4, 0.5) is 5.82 Å². The maximum absolute atomic E-state index is 5.59. The summed E-state index contributed by atoms with van der Waals surface area (Å²) in [4.78, 5) is 11.0. The molecule has 5 nitrogen and oxygen atoms in total. The summed E-state index contributed by atoms with van der Waals surface area (Å²) in [6.45, 7) is 6.09. The zero-order chi connectivity index (χ0) is 15.5. The average molecular weight is 331 g/mol.